The number of anilines is 1. The fourth-order valence-electron chi connectivity index (χ4n) is 4.01. The first-order valence-corrected chi connectivity index (χ1v) is 12.7. The summed E-state index contributed by atoms with van der Waals surface area (Å²) in [6, 6.07) is 21.1. The topological polar surface area (TPSA) is 94.2 Å². The highest BCUT2D eigenvalue weighted by molar-refractivity contribution is 7.89. The van der Waals surface area contributed by atoms with Crippen LogP contribution in [0.2, 0.25) is 0 Å². The van der Waals surface area contributed by atoms with E-state index in [0.29, 0.717) is 42.3 Å². The lowest BCUT2D eigenvalue weighted by Crippen LogP contribution is -2.43. The first kappa shape index (κ1) is 24.6. The van der Waals surface area contributed by atoms with Crippen LogP contribution in [-0.4, -0.2) is 45.9 Å². The summed E-state index contributed by atoms with van der Waals surface area (Å²) in [4.78, 5) is 13.2. The Bertz CT molecular complexity index is 1280. The predicted octanol–water partition coefficient (Wildman–Crippen LogP) is 4.54. The molecule has 1 saturated heterocycles. The van der Waals surface area contributed by atoms with Gasteiger partial charge in [0.1, 0.15) is 22.1 Å². The maximum absolute atomic E-state index is 13.5. The van der Waals surface area contributed by atoms with Gasteiger partial charge in [-0.15, -0.1) is 0 Å². The Labute approximate surface area is 205 Å². The van der Waals surface area contributed by atoms with Crippen LogP contribution in [-0.2, 0) is 14.8 Å². The third-order valence-electron chi connectivity index (χ3n) is 5.86. The van der Waals surface area contributed by atoms with Gasteiger partial charge in [-0.25, -0.2) is 8.42 Å². The average Bonchev–Trinajstić information content (AvgIpc) is 2.90. The number of carbonyl (C=O) groups is 1. The number of nitrogens with zero attached hydrogens (tertiary/aromatic N) is 1. The maximum atomic E-state index is 13.5. The summed E-state index contributed by atoms with van der Waals surface area (Å²) in [6.07, 6.45) is 1.14. The summed E-state index contributed by atoms with van der Waals surface area (Å²) in [5.74, 6) is 1.02. The molecule has 1 heterocycles. The van der Waals surface area contributed by atoms with E-state index in [4.69, 9.17) is 14.2 Å². The van der Waals surface area contributed by atoms with Crippen molar-refractivity contribution >= 4 is 21.6 Å². The van der Waals surface area contributed by atoms with Crippen LogP contribution in [0, 0.1) is 5.92 Å². The zero-order chi connectivity index (χ0) is 24.8. The highest BCUT2D eigenvalue weighted by Crippen LogP contribution is 2.34. The Kier molecular flexibility index (Phi) is 7.57. The Balaban J connectivity index is 1.51. The van der Waals surface area contributed by atoms with Crippen LogP contribution in [0.15, 0.2) is 77.7 Å². The van der Waals surface area contributed by atoms with E-state index >= 15 is 0 Å². The quantitative estimate of drug-likeness (QED) is 0.492. The maximum Gasteiger partial charge on any atom is 0.246 e. The first-order valence-electron chi connectivity index (χ1n) is 11.3. The number of methoxy groups -OCH3 is 2. The molecule has 1 fully saturated rings. The minimum Gasteiger partial charge on any atom is -0.497 e. The molecular weight excluding hydrogens is 468 g/mol. The van der Waals surface area contributed by atoms with E-state index in [1.807, 2.05) is 36.4 Å². The highest BCUT2D eigenvalue weighted by Gasteiger charge is 2.35. The van der Waals surface area contributed by atoms with Crippen LogP contribution in [0.4, 0.5) is 5.69 Å². The first-order chi connectivity index (χ1) is 16.9. The molecule has 0 aliphatic carbocycles. The molecule has 1 aliphatic heterocycles. The van der Waals surface area contributed by atoms with Gasteiger partial charge in [0.25, 0.3) is 0 Å². The number of hydrogen-bond acceptors (Lipinski definition) is 6. The molecule has 9 heteroatoms. The summed E-state index contributed by atoms with van der Waals surface area (Å²) in [7, 11) is -1.01. The number of sulfonamides is 1. The molecule has 35 heavy (non-hydrogen) atoms. The third-order valence-corrected chi connectivity index (χ3v) is 7.75. The van der Waals surface area contributed by atoms with Crippen LogP contribution < -0.4 is 19.5 Å². The molecule has 3 aromatic rings. The Morgan fingerprint density at radius 3 is 2.40 bits per heavy atom. The van der Waals surface area contributed by atoms with Gasteiger partial charge in [-0.2, -0.15) is 4.31 Å². The lowest BCUT2D eigenvalue weighted by atomic mass is 9.98. The smallest absolute Gasteiger partial charge is 0.246 e. The summed E-state index contributed by atoms with van der Waals surface area (Å²) >= 11 is 0. The number of para-hydroxylation sites is 3. The van der Waals surface area contributed by atoms with E-state index in [9.17, 15) is 13.2 Å². The Hall–Kier alpha value is -3.56. The van der Waals surface area contributed by atoms with Gasteiger partial charge in [0.15, 0.2) is 5.75 Å². The van der Waals surface area contributed by atoms with Crippen LogP contribution in [0.3, 0.4) is 0 Å². The molecule has 184 valence electrons. The zero-order valence-electron chi connectivity index (χ0n) is 19.6. The number of amides is 1. The lowest BCUT2D eigenvalue weighted by molar-refractivity contribution is -0.120. The zero-order valence-corrected chi connectivity index (χ0v) is 20.5. The van der Waals surface area contributed by atoms with E-state index in [0.717, 1.165) is 0 Å². The summed E-state index contributed by atoms with van der Waals surface area (Å²) in [5.41, 5.74) is 0.524. The van der Waals surface area contributed by atoms with Crippen LogP contribution >= 0.6 is 0 Å². The molecule has 8 nitrogen and oxygen atoms in total. The fraction of sp³-hybridized carbons (Fsp3) is 0.269. The minimum absolute atomic E-state index is 0.0158. The standard InChI is InChI=1S/C26H28N2O6S/c1-32-21-14-15-24(33-2)25(17-21)35(30,31)28-16-8-9-19(18-28)26(29)27-22-12-6-7-13-23(22)34-20-10-4-3-5-11-20/h3-7,10-15,17,19H,8-9,16,18H2,1-2H3,(H,27,29)/t19-/m1/s1. The van der Waals surface area contributed by atoms with Gasteiger partial charge in [0.05, 0.1) is 25.8 Å². The van der Waals surface area contributed by atoms with Gasteiger partial charge in [-0.3, -0.25) is 4.79 Å². The SMILES string of the molecule is COc1ccc(OC)c(S(=O)(=O)N2CCC[C@@H](C(=O)Nc3ccccc3Oc3ccccc3)C2)c1. The van der Waals surface area contributed by atoms with Crippen molar-refractivity contribution in [1.29, 1.82) is 0 Å². The van der Waals surface area contributed by atoms with E-state index in [-0.39, 0.29) is 23.1 Å². The molecule has 4 rings (SSSR count). The van der Waals surface area contributed by atoms with E-state index in [1.165, 1.54) is 24.6 Å². The van der Waals surface area contributed by atoms with Gasteiger partial charge >= 0.3 is 0 Å². The predicted molar refractivity (Wildman–Crippen MR) is 133 cm³/mol. The van der Waals surface area contributed by atoms with Crippen LogP contribution in [0.1, 0.15) is 12.8 Å². The summed E-state index contributed by atoms with van der Waals surface area (Å²) < 4.78 is 44.7. The number of rotatable bonds is 8. The van der Waals surface area contributed by atoms with Crippen LogP contribution in [0.5, 0.6) is 23.0 Å². The Morgan fingerprint density at radius 2 is 1.66 bits per heavy atom. The van der Waals surface area contributed by atoms with Crippen molar-refractivity contribution < 1.29 is 27.4 Å². The molecule has 0 bridgehead atoms. The van der Waals surface area contributed by atoms with Crippen molar-refractivity contribution in [1.82, 2.24) is 4.31 Å². The molecule has 0 spiro atoms. The lowest BCUT2D eigenvalue weighted by Gasteiger charge is -2.31. The van der Waals surface area contributed by atoms with E-state index in [1.54, 1.807) is 30.3 Å². The fourth-order valence-corrected chi connectivity index (χ4v) is 5.70. The second kappa shape index (κ2) is 10.8. The molecule has 1 aliphatic rings. The Morgan fingerprint density at radius 1 is 0.914 bits per heavy atom. The molecule has 0 saturated carbocycles. The monoisotopic (exact) mass is 496 g/mol. The van der Waals surface area contributed by atoms with Gasteiger partial charge in [0.2, 0.25) is 15.9 Å². The summed E-state index contributed by atoms with van der Waals surface area (Å²) in [5, 5.41) is 2.92. The van der Waals surface area contributed by atoms with Crippen molar-refractivity contribution in [3.05, 3.63) is 72.8 Å². The molecule has 0 aromatic heterocycles. The van der Waals surface area contributed by atoms with Crippen molar-refractivity contribution in [2.75, 3.05) is 32.6 Å². The molecule has 1 amide bonds. The third kappa shape index (κ3) is 5.58. The van der Waals surface area contributed by atoms with Crippen molar-refractivity contribution in [3.8, 4) is 23.0 Å². The second-order valence-corrected chi connectivity index (χ2v) is 10.0. The van der Waals surface area contributed by atoms with Gasteiger partial charge in [0, 0.05) is 19.2 Å². The number of piperidine rings is 1. The van der Waals surface area contributed by atoms with Crippen molar-refractivity contribution in [3.63, 3.8) is 0 Å². The normalized spacial score (nSPS) is 16.3. The molecule has 0 radical (unpaired) electrons. The van der Waals surface area contributed by atoms with Gasteiger partial charge < -0.3 is 19.5 Å². The molecule has 1 N–H and O–H groups in total. The highest BCUT2D eigenvalue weighted by atomic mass is 32.2. The molecular formula is C26H28N2O6S. The number of benzene rings is 3. The number of carbonyl (C=O) groups excluding carboxylic acids is 1. The van der Waals surface area contributed by atoms with E-state index in [2.05, 4.69) is 5.32 Å². The second-order valence-electron chi connectivity index (χ2n) is 8.12. The van der Waals surface area contributed by atoms with Crippen molar-refractivity contribution in [2.45, 2.75) is 17.7 Å². The largest absolute Gasteiger partial charge is 0.497 e. The molecule has 0 unspecified atom stereocenters. The van der Waals surface area contributed by atoms with Gasteiger partial charge in [-0.1, -0.05) is 30.3 Å². The number of nitrogens with one attached hydrogen (secondary N) is 1. The molecule has 3 aromatic carbocycles. The minimum atomic E-state index is -3.90. The number of hydrogen-bond donors (Lipinski definition) is 1. The van der Waals surface area contributed by atoms with Crippen LogP contribution in [0.25, 0.3) is 0 Å². The van der Waals surface area contributed by atoms with Crippen molar-refractivity contribution in [2.24, 2.45) is 5.92 Å². The van der Waals surface area contributed by atoms with Gasteiger partial charge in [-0.05, 0) is 49.2 Å². The summed E-state index contributed by atoms with van der Waals surface area (Å²) in [6.45, 7) is 0.385. The molecule has 1 atom stereocenters. The van der Waals surface area contributed by atoms with E-state index < -0.39 is 15.9 Å². The number of ether oxygens (including phenoxy) is 3. The average molecular weight is 497 g/mol.